The molecule has 6 rings (SSSR count). The molecule has 0 bridgehead atoms. The van der Waals surface area contributed by atoms with Gasteiger partial charge in [0.15, 0.2) is 0 Å². The zero-order chi connectivity index (χ0) is 26.0. The molecule has 1 N–H and O–H groups in total. The number of fused-ring (bicyclic) bond motifs is 3. The molecule has 0 saturated carbocycles. The van der Waals surface area contributed by atoms with Gasteiger partial charge in [0.2, 0.25) is 0 Å². The highest BCUT2D eigenvalue weighted by Gasteiger charge is 2.35. The lowest BCUT2D eigenvalue weighted by Crippen LogP contribution is -2.15. The number of benzene rings is 5. The van der Waals surface area contributed by atoms with Crippen LogP contribution in [0.25, 0.3) is 35.4 Å². The minimum Gasteiger partial charge on any atom is -0.356 e. The van der Waals surface area contributed by atoms with Crippen molar-refractivity contribution in [3.8, 4) is 11.1 Å². The second-order valence-corrected chi connectivity index (χ2v) is 10.4. The van der Waals surface area contributed by atoms with Crippen molar-refractivity contribution in [2.45, 2.75) is 19.3 Å². The molecule has 0 fully saturated rings. The zero-order valence-corrected chi connectivity index (χ0v) is 21.9. The first-order chi connectivity index (χ1) is 18.6. The van der Waals surface area contributed by atoms with Crippen LogP contribution in [0.1, 0.15) is 47.2 Å². The first kappa shape index (κ1) is 23.8. The summed E-state index contributed by atoms with van der Waals surface area (Å²) in [6.45, 7) is 4.67. The van der Waals surface area contributed by atoms with Crippen molar-refractivity contribution in [3.63, 3.8) is 0 Å². The van der Waals surface area contributed by atoms with E-state index in [0.29, 0.717) is 0 Å². The molecule has 1 aliphatic rings. The average molecular weight is 490 g/mol. The topological polar surface area (TPSA) is 12.0 Å². The summed E-state index contributed by atoms with van der Waals surface area (Å²) in [4.78, 5) is 0. The van der Waals surface area contributed by atoms with Crippen molar-refractivity contribution in [2.24, 2.45) is 0 Å². The van der Waals surface area contributed by atoms with Gasteiger partial charge in [-0.25, -0.2) is 0 Å². The Kier molecular flexibility index (Phi) is 6.27. The number of rotatable bonds is 6. The molecule has 0 atom stereocenters. The fourth-order valence-electron chi connectivity index (χ4n) is 5.29. The summed E-state index contributed by atoms with van der Waals surface area (Å²) in [5.41, 5.74) is 12.4. The predicted molar refractivity (Wildman–Crippen MR) is 164 cm³/mol. The van der Waals surface area contributed by atoms with Gasteiger partial charge in [0, 0.05) is 16.8 Å². The standard InChI is InChI=1S/C37H31N/c1-37(2)35-25-30(16-15-28-11-7-4-8-12-28)19-23-33(35)34-24-22-32(26-36(34)37)38-31-20-17-29(18-21-31)14-13-27-9-5-3-6-10-27/h3-26,38H,1-2H3. The molecule has 0 aromatic heterocycles. The maximum atomic E-state index is 3.61. The van der Waals surface area contributed by atoms with Crippen LogP contribution in [0, 0.1) is 0 Å². The quantitative estimate of drug-likeness (QED) is 0.234. The van der Waals surface area contributed by atoms with E-state index >= 15 is 0 Å². The Bertz CT molecular complexity index is 1620. The van der Waals surface area contributed by atoms with Crippen LogP contribution in [0.15, 0.2) is 121 Å². The lowest BCUT2D eigenvalue weighted by Gasteiger charge is -2.22. The van der Waals surface area contributed by atoms with Gasteiger partial charge in [-0.2, -0.15) is 0 Å². The summed E-state index contributed by atoms with van der Waals surface area (Å²) in [5, 5.41) is 3.61. The van der Waals surface area contributed by atoms with Crippen molar-refractivity contribution in [3.05, 3.63) is 155 Å². The van der Waals surface area contributed by atoms with Crippen LogP contribution in [0.2, 0.25) is 0 Å². The molecule has 184 valence electrons. The maximum absolute atomic E-state index is 3.61. The minimum absolute atomic E-state index is 0.0644. The molecule has 0 aliphatic heterocycles. The van der Waals surface area contributed by atoms with E-state index in [0.717, 1.165) is 11.4 Å². The van der Waals surface area contributed by atoms with Crippen molar-refractivity contribution < 1.29 is 0 Å². The van der Waals surface area contributed by atoms with E-state index in [4.69, 9.17) is 0 Å². The molecule has 0 spiro atoms. The molecule has 38 heavy (non-hydrogen) atoms. The van der Waals surface area contributed by atoms with Gasteiger partial charge in [-0.15, -0.1) is 0 Å². The molecular weight excluding hydrogens is 458 g/mol. The number of hydrogen-bond acceptors (Lipinski definition) is 1. The van der Waals surface area contributed by atoms with E-state index in [1.165, 1.54) is 44.5 Å². The highest BCUT2D eigenvalue weighted by Crippen LogP contribution is 2.49. The van der Waals surface area contributed by atoms with Gasteiger partial charge in [-0.3, -0.25) is 0 Å². The highest BCUT2D eigenvalue weighted by atomic mass is 14.9. The summed E-state index contributed by atoms with van der Waals surface area (Å²) < 4.78 is 0. The first-order valence-electron chi connectivity index (χ1n) is 13.2. The van der Waals surface area contributed by atoms with Crippen molar-refractivity contribution in [1.82, 2.24) is 0 Å². The van der Waals surface area contributed by atoms with Gasteiger partial charge >= 0.3 is 0 Å². The largest absolute Gasteiger partial charge is 0.356 e. The van der Waals surface area contributed by atoms with E-state index in [-0.39, 0.29) is 5.41 Å². The summed E-state index contributed by atoms with van der Waals surface area (Å²) >= 11 is 0. The smallest absolute Gasteiger partial charge is 0.0387 e. The van der Waals surface area contributed by atoms with E-state index in [2.05, 4.69) is 159 Å². The minimum atomic E-state index is -0.0644. The van der Waals surface area contributed by atoms with Gasteiger partial charge in [0.1, 0.15) is 0 Å². The number of anilines is 2. The molecule has 1 aliphatic carbocycles. The Hall–Kier alpha value is -4.62. The van der Waals surface area contributed by atoms with Crippen LogP contribution in [0.3, 0.4) is 0 Å². The fraction of sp³-hybridized carbons (Fsp3) is 0.0811. The Morgan fingerprint density at radius 3 is 1.50 bits per heavy atom. The van der Waals surface area contributed by atoms with E-state index in [1.54, 1.807) is 0 Å². The van der Waals surface area contributed by atoms with Crippen molar-refractivity contribution in [2.75, 3.05) is 5.32 Å². The van der Waals surface area contributed by atoms with Gasteiger partial charge in [0.25, 0.3) is 0 Å². The Balaban J connectivity index is 1.21. The number of hydrogen-bond donors (Lipinski definition) is 1. The average Bonchev–Trinajstić information content (AvgIpc) is 3.18. The Morgan fingerprint density at radius 1 is 0.447 bits per heavy atom. The van der Waals surface area contributed by atoms with Crippen LogP contribution < -0.4 is 5.32 Å². The molecule has 0 radical (unpaired) electrons. The third-order valence-electron chi connectivity index (χ3n) is 7.44. The molecule has 5 aromatic carbocycles. The maximum Gasteiger partial charge on any atom is 0.0387 e. The normalized spacial score (nSPS) is 13.5. The molecule has 0 amide bonds. The SMILES string of the molecule is CC1(C)c2cc(C=Cc3ccccc3)ccc2-c2ccc(Nc3ccc(C=Cc4ccccc4)cc3)cc21. The van der Waals surface area contributed by atoms with E-state index in [1.807, 2.05) is 6.07 Å². The monoisotopic (exact) mass is 489 g/mol. The Labute approximate surface area is 225 Å². The second-order valence-electron chi connectivity index (χ2n) is 10.4. The molecule has 5 aromatic rings. The Morgan fingerprint density at radius 2 is 0.895 bits per heavy atom. The first-order valence-corrected chi connectivity index (χ1v) is 13.2. The highest BCUT2D eigenvalue weighted by molar-refractivity contribution is 5.85. The zero-order valence-electron chi connectivity index (χ0n) is 21.9. The van der Waals surface area contributed by atoms with Crippen molar-refractivity contribution in [1.29, 1.82) is 0 Å². The van der Waals surface area contributed by atoms with Crippen molar-refractivity contribution >= 4 is 35.7 Å². The molecule has 1 heteroatoms. The second kappa shape index (κ2) is 10.0. The van der Waals surface area contributed by atoms with Gasteiger partial charge in [0.05, 0.1) is 0 Å². The summed E-state index contributed by atoms with van der Waals surface area (Å²) in [6.07, 6.45) is 8.69. The van der Waals surface area contributed by atoms with Crippen LogP contribution in [0.5, 0.6) is 0 Å². The van der Waals surface area contributed by atoms with Crippen LogP contribution >= 0.6 is 0 Å². The summed E-state index contributed by atoms with van der Waals surface area (Å²) in [7, 11) is 0. The van der Waals surface area contributed by atoms with Gasteiger partial charge < -0.3 is 5.32 Å². The molecular formula is C37H31N. The molecule has 0 unspecified atom stereocenters. The lowest BCUT2D eigenvalue weighted by molar-refractivity contribution is 0.660. The third-order valence-corrected chi connectivity index (χ3v) is 7.44. The number of nitrogens with one attached hydrogen (secondary N) is 1. The van der Waals surface area contributed by atoms with E-state index in [9.17, 15) is 0 Å². The third kappa shape index (κ3) is 4.84. The molecule has 0 saturated heterocycles. The molecule has 0 heterocycles. The summed E-state index contributed by atoms with van der Waals surface area (Å²) in [5.74, 6) is 0. The van der Waals surface area contributed by atoms with Crippen LogP contribution in [0.4, 0.5) is 11.4 Å². The van der Waals surface area contributed by atoms with Gasteiger partial charge in [-0.1, -0.05) is 135 Å². The predicted octanol–water partition coefficient (Wildman–Crippen LogP) is 10.1. The molecule has 1 nitrogen and oxygen atoms in total. The lowest BCUT2D eigenvalue weighted by atomic mass is 9.82. The van der Waals surface area contributed by atoms with E-state index < -0.39 is 0 Å². The van der Waals surface area contributed by atoms with Gasteiger partial charge in [-0.05, 0) is 68.8 Å². The fourth-order valence-corrected chi connectivity index (χ4v) is 5.29. The van der Waals surface area contributed by atoms with Crippen LogP contribution in [-0.2, 0) is 5.41 Å². The van der Waals surface area contributed by atoms with Crippen LogP contribution in [-0.4, -0.2) is 0 Å². The summed E-state index contributed by atoms with van der Waals surface area (Å²) in [6, 6.07) is 43.1.